The van der Waals surface area contributed by atoms with Crippen molar-refractivity contribution in [2.75, 3.05) is 6.61 Å². The highest BCUT2D eigenvalue weighted by Gasteiger charge is 2.23. The molecule has 0 aliphatic heterocycles. The molecule has 0 amide bonds. The molecular weight excluding hydrogens is 328 g/mol. The molecule has 0 N–H and O–H groups in total. The lowest BCUT2D eigenvalue weighted by molar-refractivity contribution is 0.0516. The van der Waals surface area contributed by atoms with E-state index in [1.807, 2.05) is 49.4 Å². The Morgan fingerprint density at radius 3 is 2.35 bits per heavy atom. The van der Waals surface area contributed by atoms with Gasteiger partial charge in [-0.2, -0.15) is 0 Å². The highest BCUT2D eigenvalue weighted by Crippen LogP contribution is 2.19. The Morgan fingerprint density at radius 2 is 1.69 bits per heavy atom. The normalized spacial score (nSPS) is 10.4. The minimum Gasteiger partial charge on any atom is -0.461 e. The first-order chi connectivity index (χ1) is 12.6. The summed E-state index contributed by atoms with van der Waals surface area (Å²) in [6.45, 7) is 3.84. The van der Waals surface area contributed by atoms with Crippen LogP contribution in [0.3, 0.4) is 0 Å². The maximum absolute atomic E-state index is 12.8. The lowest BCUT2D eigenvalue weighted by atomic mass is 10.0. The van der Waals surface area contributed by atoms with Gasteiger partial charge in [0.05, 0.1) is 12.2 Å². The van der Waals surface area contributed by atoms with Gasteiger partial charge >= 0.3 is 5.97 Å². The molecule has 0 fully saturated rings. The summed E-state index contributed by atoms with van der Waals surface area (Å²) in [6.07, 6.45) is 1.39. The van der Waals surface area contributed by atoms with Gasteiger partial charge in [0.25, 0.3) is 0 Å². The molecule has 0 atom stereocenters. The van der Waals surface area contributed by atoms with Crippen LogP contribution in [0.25, 0.3) is 11.4 Å². The second kappa shape index (κ2) is 7.70. The van der Waals surface area contributed by atoms with Gasteiger partial charge < -0.3 is 4.74 Å². The number of benzene rings is 2. The number of hydrogen-bond donors (Lipinski definition) is 0. The quantitative estimate of drug-likeness (QED) is 0.518. The number of ketones is 1. The van der Waals surface area contributed by atoms with E-state index >= 15 is 0 Å². The molecule has 0 aliphatic rings. The van der Waals surface area contributed by atoms with Crippen LogP contribution in [0, 0.1) is 6.92 Å². The lowest BCUT2D eigenvalue weighted by Gasteiger charge is -2.09. The van der Waals surface area contributed by atoms with E-state index in [2.05, 4.69) is 9.97 Å². The van der Waals surface area contributed by atoms with Crippen LogP contribution in [-0.4, -0.2) is 28.3 Å². The van der Waals surface area contributed by atoms with Crippen molar-refractivity contribution in [2.24, 2.45) is 0 Å². The van der Waals surface area contributed by atoms with Crippen LogP contribution in [0.1, 0.15) is 38.9 Å². The van der Waals surface area contributed by atoms with Crippen molar-refractivity contribution in [3.05, 3.63) is 83.2 Å². The molecule has 0 unspecified atom stereocenters. The summed E-state index contributed by atoms with van der Waals surface area (Å²) in [5.74, 6) is -0.579. The third-order valence-electron chi connectivity index (χ3n) is 3.85. The highest BCUT2D eigenvalue weighted by molar-refractivity contribution is 6.13. The summed E-state index contributed by atoms with van der Waals surface area (Å²) in [7, 11) is 0. The average Bonchev–Trinajstić information content (AvgIpc) is 2.68. The minimum absolute atomic E-state index is 0.0220. The highest BCUT2D eigenvalue weighted by atomic mass is 16.5. The number of carbonyl (C=O) groups excluding carboxylic acids is 2. The van der Waals surface area contributed by atoms with Gasteiger partial charge in [0.15, 0.2) is 17.3 Å². The van der Waals surface area contributed by atoms with Crippen LogP contribution >= 0.6 is 0 Å². The largest absolute Gasteiger partial charge is 0.461 e. The molecule has 2 aromatic carbocycles. The fourth-order valence-corrected chi connectivity index (χ4v) is 2.49. The van der Waals surface area contributed by atoms with E-state index < -0.39 is 5.97 Å². The van der Waals surface area contributed by atoms with E-state index in [9.17, 15) is 9.59 Å². The summed E-state index contributed by atoms with van der Waals surface area (Å²) < 4.78 is 5.08. The van der Waals surface area contributed by atoms with Crippen LogP contribution in [0.4, 0.5) is 0 Å². The fourth-order valence-electron chi connectivity index (χ4n) is 2.49. The van der Waals surface area contributed by atoms with Crippen molar-refractivity contribution in [3.8, 4) is 11.4 Å². The van der Waals surface area contributed by atoms with Gasteiger partial charge in [0, 0.05) is 17.3 Å². The van der Waals surface area contributed by atoms with Crippen molar-refractivity contribution >= 4 is 11.8 Å². The van der Waals surface area contributed by atoms with E-state index in [4.69, 9.17) is 4.74 Å². The summed E-state index contributed by atoms with van der Waals surface area (Å²) in [6, 6.07) is 16.4. The SMILES string of the molecule is CCOC(=O)c1nc(-c2ccccc2)ncc1C(=O)c1ccc(C)cc1. The first kappa shape index (κ1) is 17.5. The van der Waals surface area contributed by atoms with E-state index in [1.165, 1.54) is 6.20 Å². The molecule has 0 saturated carbocycles. The molecule has 0 saturated heterocycles. The van der Waals surface area contributed by atoms with Crippen LogP contribution in [-0.2, 0) is 4.74 Å². The van der Waals surface area contributed by atoms with E-state index in [0.717, 1.165) is 11.1 Å². The molecule has 130 valence electrons. The average molecular weight is 346 g/mol. The number of ether oxygens (including phenoxy) is 1. The fraction of sp³-hybridized carbons (Fsp3) is 0.143. The van der Waals surface area contributed by atoms with Crippen LogP contribution < -0.4 is 0 Å². The molecule has 5 heteroatoms. The van der Waals surface area contributed by atoms with Crippen molar-refractivity contribution in [1.82, 2.24) is 9.97 Å². The zero-order valence-corrected chi connectivity index (χ0v) is 14.6. The molecule has 26 heavy (non-hydrogen) atoms. The van der Waals surface area contributed by atoms with Gasteiger partial charge in [-0.1, -0.05) is 60.2 Å². The number of aromatic nitrogens is 2. The third kappa shape index (κ3) is 3.67. The zero-order valence-electron chi connectivity index (χ0n) is 14.6. The van der Waals surface area contributed by atoms with Gasteiger partial charge in [0.2, 0.25) is 0 Å². The third-order valence-corrected chi connectivity index (χ3v) is 3.85. The summed E-state index contributed by atoms with van der Waals surface area (Å²) in [4.78, 5) is 33.8. The molecule has 3 rings (SSSR count). The molecule has 3 aromatic rings. The maximum atomic E-state index is 12.8. The molecule has 0 bridgehead atoms. The van der Waals surface area contributed by atoms with E-state index in [0.29, 0.717) is 11.4 Å². The predicted octanol–water partition coefficient (Wildman–Crippen LogP) is 3.86. The smallest absolute Gasteiger partial charge is 0.357 e. The number of carbonyl (C=O) groups is 2. The number of rotatable bonds is 5. The van der Waals surface area contributed by atoms with Crippen LogP contribution in [0.5, 0.6) is 0 Å². The lowest BCUT2D eigenvalue weighted by Crippen LogP contribution is -2.16. The molecular formula is C21H18N2O3. The Morgan fingerprint density at radius 1 is 1.00 bits per heavy atom. The Kier molecular flexibility index (Phi) is 5.17. The monoisotopic (exact) mass is 346 g/mol. The molecule has 0 aliphatic carbocycles. The standard InChI is InChI=1S/C21H18N2O3/c1-3-26-21(25)18-17(19(24)15-11-9-14(2)10-12-15)13-22-20(23-18)16-7-5-4-6-8-16/h4-13H,3H2,1-2H3. The second-order valence-corrected chi connectivity index (χ2v) is 5.74. The molecule has 1 aromatic heterocycles. The van der Waals surface area contributed by atoms with Crippen molar-refractivity contribution in [3.63, 3.8) is 0 Å². The molecule has 0 radical (unpaired) electrons. The maximum Gasteiger partial charge on any atom is 0.357 e. The molecule has 5 nitrogen and oxygen atoms in total. The van der Waals surface area contributed by atoms with Gasteiger partial charge in [-0.25, -0.2) is 14.8 Å². The predicted molar refractivity (Wildman–Crippen MR) is 98.0 cm³/mol. The topological polar surface area (TPSA) is 69.2 Å². The summed E-state index contributed by atoms with van der Waals surface area (Å²) in [5.41, 5.74) is 2.38. The van der Waals surface area contributed by atoms with Gasteiger partial charge in [0.1, 0.15) is 0 Å². The van der Waals surface area contributed by atoms with Crippen LogP contribution in [0.15, 0.2) is 60.8 Å². The second-order valence-electron chi connectivity index (χ2n) is 5.74. The number of aryl methyl sites for hydroxylation is 1. The number of esters is 1. The van der Waals surface area contributed by atoms with E-state index in [1.54, 1.807) is 19.1 Å². The minimum atomic E-state index is -0.637. The van der Waals surface area contributed by atoms with Gasteiger partial charge in [-0.15, -0.1) is 0 Å². The van der Waals surface area contributed by atoms with Crippen molar-refractivity contribution in [2.45, 2.75) is 13.8 Å². The Balaban J connectivity index is 2.07. The number of hydrogen-bond acceptors (Lipinski definition) is 5. The molecule has 1 heterocycles. The Labute approximate surface area is 151 Å². The van der Waals surface area contributed by atoms with Gasteiger partial charge in [-0.3, -0.25) is 4.79 Å². The first-order valence-electron chi connectivity index (χ1n) is 8.31. The van der Waals surface area contributed by atoms with Crippen LogP contribution in [0.2, 0.25) is 0 Å². The van der Waals surface area contributed by atoms with Crippen molar-refractivity contribution in [1.29, 1.82) is 0 Å². The number of nitrogens with zero attached hydrogens (tertiary/aromatic N) is 2. The summed E-state index contributed by atoms with van der Waals surface area (Å²) in [5, 5.41) is 0. The Hall–Kier alpha value is -3.34. The summed E-state index contributed by atoms with van der Waals surface area (Å²) >= 11 is 0. The van der Waals surface area contributed by atoms with E-state index in [-0.39, 0.29) is 23.6 Å². The van der Waals surface area contributed by atoms with Crippen molar-refractivity contribution < 1.29 is 14.3 Å². The van der Waals surface area contributed by atoms with Gasteiger partial charge in [-0.05, 0) is 13.8 Å². The first-order valence-corrected chi connectivity index (χ1v) is 8.31. The molecule has 0 spiro atoms. The Bertz CT molecular complexity index is 935. The zero-order chi connectivity index (χ0) is 18.5.